The largest absolute Gasteiger partial charge is 0.309 e. The second kappa shape index (κ2) is 10.1. The quantitative estimate of drug-likeness (QED) is 0.206. The van der Waals surface area contributed by atoms with E-state index in [-0.39, 0.29) is 11.1 Å². The molecule has 0 N–H and O–H groups in total. The molecule has 1 saturated heterocycles. The number of imide groups is 1. The molecule has 2 amide bonds. The number of carbonyl (C=O) groups is 2. The van der Waals surface area contributed by atoms with Gasteiger partial charge in [0.1, 0.15) is 7.85 Å². The van der Waals surface area contributed by atoms with Gasteiger partial charge in [0.2, 0.25) is 0 Å². The van der Waals surface area contributed by atoms with Gasteiger partial charge in [-0.25, -0.2) is 4.90 Å². The molecule has 6 rings (SSSR count). The predicted octanol–water partition coefficient (Wildman–Crippen LogP) is 6.31. The maximum Gasteiger partial charge on any atom is 0.298 e. The highest BCUT2D eigenvalue weighted by Crippen LogP contribution is 2.40. The molecule has 6 heteroatoms. The Morgan fingerprint density at radius 1 is 0.658 bits per heavy atom. The minimum atomic E-state index is -0.311. The number of carbonyl (C=O) groups excluding carboxylic acids is 2. The van der Waals surface area contributed by atoms with Crippen LogP contribution in [-0.4, -0.2) is 23.6 Å². The number of thioether (sulfide) groups is 1. The highest BCUT2D eigenvalue weighted by Gasteiger charge is 2.36. The molecule has 1 fully saturated rings. The van der Waals surface area contributed by atoms with Crippen molar-refractivity contribution in [3.8, 4) is 28.2 Å². The number of hydrogen-bond acceptors (Lipinski definition) is 3. The molecule has 1 aliphatic heterocycles. The van der Waals surface area contributed by atoms with Crippen molar-refractivity contribution in [2.24, 2.45) is 0 Å². The molecule has 4 nitrogen and oxygen atoms in total. The third-order valence-corrected chi connectivity index (χ3v) is 7.40. The third-order valence-electron chi connectivity index (χ3n) is 6.53. The first-order valence-electron chi connectivity index (χ1n) is 12.4. The van der Waals surface area contributed by atoms with E-state index in [1.807, 2.05) is 60.7 Å². The monoisotopic (exact) mass is 510 g/mol. The molecule has 0 radical (unpaired) electrons. The van der Waals surface area contributed by atoms with E-state index >= 15 is 0 Å². The number of aromatic nitrogens is 1. The van der Waals surface area contributed by atoms with E-state index in [1.54, 1.807) is 12.1 Å². The fourth-order valence-corrected chi connectivity index (χ4v) is 5.56. The molecule has 1 aliphatic rings. The van der Waals surface area contributed by atoms with Crippen molar-refractivity contribution < 1.29 is 9.59 Å². The zero-order valence-electron chi connectivity index (χ0n) is 20.7. The van der Waals surface area contributed by atoms with E-state index in [2.05, 4.69) is 67.0 Å². The van der Waals surface area contributed by atoms with Gasteiger partial charge < -0.3 is 4.57 Å². The fourth-order valence-electron chi connectivity index (χ4n) is 4.72. The van der Waals surface area contributed by atoms with Crippen molar-refractivity contribution in [1.29, 1.82) is 0 Å². The van der Waals surface area contributed by atoms with Gasteiger partial charge in [0, 0.05) is 11.3 Å². The number of benzene rings is 4. The van der Waals surface area contributed by atoms with Gasteiger partial charge in [-0.05, 0) is 59.3 Å². The van der Waals surface area contributed by atoms with Gasteiger partial charge in [-0.2, -0.15) is 0 Å². The van der Waals surface area contributed by atoms with E-state index in [1.165, 1.54) is 10.4 Å². The van der Waals surface area contributed by atoms with Crippen LogP contribution in [0.2, 0.25) is 0 Å². The second-order valence-electron chi connectivity index (χ2n) is 9.09. The maximum atomic E-state index is 13.4. The van der Waals surface area contributed by atoms with Crippen molar-refractivity contribution in [2.45, 2.75) is 0 Å². The summed E-state index contributed by atoms with van der Waals surface area (Å²) in [5.74, 6) is -0.311. The number of amides is 2. The second-order valence-corrected chi connectivity index (χ2v) is 10.1. The Morgan fingerprint density at radius 2 is 1.24 bits per heavy atom. The number of para-hydroxylation sites is 1. The molecule has 0 unspecified atom stereocenters. The van der Waals surface area contributed by atoms with Crippen LogP contribution in [0, 0.1) is 0 Å². The predicted molar refractivity (Wildman–Crippen MR) is 160 cm³/mol. The summed E-state index contributed by atoms with van der Waals surface area (Å²) in [5.41, 5.74) is 7.68. The average Bonchev–Trinajstić information content (AvgIpc) is 3.47. The van der Waals surface area contributed by atoms with Crippen molar-refractivity contribution >= 4 is 48.0 Å². The molecule has 0 saturated carbocycles. The molecule has 2 heterocycles. The van der Waals surface area contributed by atoms with Gasteiger partial charge in [0.05, 0.1) is 22.0 Å². The number of hydrogen-bond donors (Lipinski definition) is 0. The summed E-state index contributed by atoms with van der Waals surface area (Å²) >= 11 is 0.973. The lowest BCUT2D eigenvalue weighted by atomic mass is 9.96. The highest BCUT2D eigenvalue weighted by molar-refractivity contribution is 8.19. The van der Waals surface area contributed by atoms with Gasteiger partial charge in [-0.1, -0.05) is 96.5 Å². The van der Waals surface area contributed by atoms with Gasteiger partial charge in [-0.3, -0.25) is 9.59 Å². The first-order chi connectivity index (χ1) is 18.6. The van der Waals surface area contributed by atoms with Crippen LogP contribution in [0.3, 0.4) is 0 Å². The van der Waals surface area contributed by atoms with Gasteiger partial charge in [0.25, 0.3) is 11.1 Å². The summed E-state index contributed by atoms with van der Waals surface area (Å²) in [6.45, 7) is 0. The number of rotatable bonds is 5. The zero-order valence-corrected chi connectivity index (χ0v) is 21.6. The molecule has 5 aromatic rings. The lowest BCUT2D eigenvalue weighted by molar-refractivity contribution is -0.113. The van der Waals surface area contributed by atoms with Crippen molar-refractivity contribution in [1.82, 2.24) is 4.57 Å². The van der Waals surface area contributed by atoms with E-state index in [0.717, 1.165) is 45.5 Å². The van der Waals surface area contributed by atoms with E-state index in [4.69, 9.17) is 0 Å². The van der Waals surface area contributed by atoms with Crippen LogP contribution in [0.25, 0.3) is 34.3 Å². The van der Waals surface area contributed by atoms with E-state index in [9.17, 15) is 9.59 Å². The van der Waals surface area contributed by atoms with Crippen LogP contribution in [-0.2, 0) is 4.79 Å². The van der Waals surface area contributed by atoms with Crippen molar-refractivity contribution in [3.63, 3.8) is 0 Å². The van der Waals surface area contributed by atoms with Crippen LogP contribution >= 0.6 is 11.8 Å². The summed E-state index contributed by atoms with van der Waals surface area (Å²) in [6.07, 6.45) is 1.85. The van der Waals surface area contributed by atoms with Crippen LogP contribution in [0.5, 0.6) is 0 Å². The average molecular weight is 510 g/mol. The topological polar surface area (TPSA) is 42.3 Å². The smallest absolute Gasteiger partial charge is 0.298 e. The van der Waals surface area contributed by atoms with E-state index < -0.39 is 0 Å². The molecule has 182 valence electrons. The standard InChI is InChI=1S/C32H23BN2O2S/c33-25-16-18-27(19-17-25)34-28(22-10-4-1-5-11-22)20-24(30(34)23-12-6-2-7-13-23)21-29-31(36)35(32(37)38-29)26-14-8-3-9-15-26/h1-21H,33H2. The molecule has 0 spiro atoms. The minimum absolute atomic E-state index is 0.296. The van der Waals surface area contributed by atoms with Crippen LogP contribution in [0.15, 0.2) is 126 Å². The Morgan fingerprint density at radius 3 is 1.87 bits per heavy atom. The Hall–Kier alpha value is -4.55. The number of nitrogens with zero attached hydrogens (tertiary/aromatic N) is 2. The first-order valence-corrected chi connectivity index (χ1v) is 13.2. The molecular weight excluding hydrogens is 487 g/mol. The lowest BCUT2D eigenvalue weighted by Crippen LogP contribution is -2.27. The third kappa shape index (κ3) is 4.40. The zero-order chi connectivity index (χ0) is 26.1. The summed E-state index contributed by atoms with van der Waals surface area (Å²) in [6, 6.07) is 40.0. The van der Waals surface area contributed by atoms with Crippen molar-refractivity contribution in [3.05, 3.63) is 132 Å². The van der Waals surface area contributed by atoms with E-state index in [0.29, 0.717) is 10.6 Å². The Bertz CT molecular complexity index is 1660. The van der Waals surface area contributed by atoms with Gasteiger partial charge in [0.15, 0.2) is 0 Å². The number of anilines is 1. The van der Waals surface area contributed by atoms with Gasteiger partial charge in [-0.15, -0.1) is 0 Å². The molecule has 0 bridgehead atoms. The Labute approximate surface area is 226 Å². The molecule has 0 aliphatic carbocycles. The highest BCUT2D eigenvalue weighted by atomic mass is 32.2. The molecule has 38 heavy (non-hydrogen) atoms. The van der Waals surface area contributed by atoms with Crippen LogP contribution < -0.4 is 10.4 Å². The first kappa shape index (κ1) is 23.8. The summed E-state index contributed by atoms with van der Waals surface area (Å²) < 4.78 is 2.23. The van der Waals surface area contributed by atoms with Gasteiger partial charge >= 0.3 is 0 Å². The Kier molecular flexibility index (Phi) is 6.32. The maximum absolute atomic E-state index is 13.4. The Balaban J connectivity index is 1.58. The molecule has 0 atom stereocenters. The van der Waals surface area contributed by atoms with Crippen LogP contribution in [0.4, 0.5) is 10.5 Å². The SMILES string of the molecule is Bc1ccc(-n2c(-c3ccccc3)cc(C=C3SC(=O)N(c4ccccc4)C3=O)c2-c2ccccc2)cc1. The van der Waals surface area contributed by atoms with Crippen LogP contribution in [0.1, 0.15) is 5.56 Å². The molecular formula is C32H23BN2O2S. The molecule has 1 aromatic heterocycles. The fraction of sp³-hybridized carbons (Fsp3) is 0. The molecule has 4 aromatic carbocycles. The minimum Gasteiger partial charge on any atom is -0.309 e. The summed E-state index contributed by atoms with van der Waals surface area (Å²) in [7, 11) is 2.07. The normalized spacial score (nSPS) is 14.4. The van der Waals surface area contributed by atoms with Crippen molar-refractivity contribution in [2.75, 3.05) is 4.90 Å². The summed E-state index contributed by atoms with van der Waals surface area (Å²) in [5, 5.41) is -0.296. The summed E-state index contributed by atoms with van der Waals surface area (Å²) in [4.78, 5) is 28.0. The lowest BCUT2D eigenvalue weighted by Gasteiger charge is -2.15.